The third-order valence-corrected chi connectivity index (χ3v) is 4.58. The Morgan fingerprint density at radius 3 is 2.44 bits per heavy atom. The summed E-state index contributed by atoms with van der Waals surface area (Å²) in [5, 5.41) is 0. The zero-order valence-electron chi connectivity index (χ0n) is 10.7. The Kier molecular flexibility index (Phi) is 3.05. The number of fused-ring (bicyclic) bond motifs is 1. The molecule has 0 aliphatic heterocycles. The van der Waals surface area contributed by atoms with Crippen molar-refractivity contribution >= 4 is 6.08 Å². The third-order valence-electron chi connectivity index (χ3n) is 4.58. The number of carbonyl (C=O) groups excluding carboxylic acids is 1. The second-order valence-electron chi connectivity index (χ2n) is 5.63. The first-order valence-corrected chi connectivity index (χ1v) is 7.05. The number of hydrogen-bond acceptors (Lipinski definition) is 2. The van der Waals surface area contributed by atoms with E-state index in [4.69, 9.17) is 0 Å². The zero-order chi connectivity index (χ0) is 12.4. The van der Waals surface area contributed by atoms with Gasteiger partial charge >= 0.3 is 0 Å². The molecule has 3 rings (SSSR count). The highest BCUT2D eigenvalue weighted by Crippen LogP contribution is 2.45. The van der Waals surface area contributed by atoms with E-state index in [1.165, 1.54) is 55.2 Å². The van der Waals surface area contributed by atoms with Crippen LogP contribution in [0.2, 0.25) is 0 Å². The van der Waals surface area contributed by atoms with Gasteiger partial charge in [-0.3, -0.25) is 0 Å². The molecule has 2 aliphatic rings. The van der Waals surface area contributed by atoms with Crippen LogP contribution in [-0.4, -0.2) is 6.08 Å². The molecule has 1 aromatic carbocycles. The van der Waals surface area contributed by atoms with Gasteiger partial charge in [-0.15, -0.1) is 0 Å². The van der Waals surface area contributed by atoms with Crippen LogP contribution in [0.5, 0.6) is 0 Å². The Balaban J connectivity index is 1.98. The van der Waals surface area contributed by atoms with E-state index in [0.717, 1.165) is 12.8 Å². The van der Waals surface area contributed by atoms with Gasteiger partial charge in [-0.1, -0.05) is 24.6 Å². The standard InChI is InChI=1S/C16H19NO/c18-12-17-16(9-4-10-16)15-8-7-13-5-2-1-3-6-14(13)11-15/h7-8,11H,1-6,9-10H2. The van der Waals surface area contributed by atoms with Gasteiger partial charge in [0.1, 0.15) is 0 Å². The summed E-state index contributed by atoms with van der Waals surface area (Å²) >= 11 is 0. The molecular weight excluding hydrogens is 222 g/mol. The Morgan fingerprint density at radius 1 is 1.00 bits per heavy atom. The minimum Gasteiger partial charge on any atom is -0.211 e. The molecule has 1 fully saturated rings. The van der Waals surface area contributed by atoms with Gasteiger partial charge in [0.05, 0.1) is 5.54 Å². The first-order valence-electron chi connectivity index (χ1n) is 7.05. The molecule has 2 aliphatic carbocycles. The topological polar surface area (TPSA) is 29.4 Å². The predicted octanol–water partition coefficient (Wildman–Crippen LogP) is 3.67. The smallest absolute Gasteiger partial charge is 0.211 e. The van der Waals surface area contributed by atoms with Crippen LogP contribution >= 0.6 is 0 Å². The molecule has 1 aromatic rings. The normalized spacial score (nSPS) is 21.1. The second-order valence-corrected chi connectivity index (χ2v) is 5.63. The van der Waals surface area contributed by atoms with E-state index in [2.05, 4.69) is 23.2 Å². The lowest BCUT2D eigenvalue weighted by Gasteiger charge is -2.37. The van der Waals surface area contributed by atoms with Crippen LogP contribution in [-0.2, 0) is 23.2 Å². The van der Waals surface area contributed by atoms with Gasteiger partial charge in [0, 0.05) is 0 Å². The van der Waals surface area contributed by atoms with Crippen LogP contribution < -0.4 is 0 Å². The number of isocyanates is 1. The number of hydrogen-bond donors (Lipinski definition) is 0. The number of aliphatic imine (C=N–C) groups is 1. The van der Waals surface area contributed by atoms with Crippen molar-refractivity contribution in [2.24, 2.45) is 4.99 Å². The SMILES string of the molecule is O=C=NC1(c2ccc3c(c2)CCCCC3)CCC1. The second kappa shape index (κ2) is 4.70. The summed E-state index contributed by atoms with van der Waals surface area (Å²) in [5.74, 6) is 0. The van der Waals surface area contributed by atoms with Crippen molar-refractivity contribution in [1.29, 1.82) is 0 Å². The maximum atomic E-state index is 10.6. The maximum Gasteiger partial charge on any atom is 0.235 e. The molecule has 0 radical (unpaired) electrons. The number of nitrogens with zero attached hydrogens (tertiary/aromatic N) is 1. The van der Waals surface area contributed by atoms with E-state index < -0.39 is 0 Å². The van der Waals surface area contributed by atoms with Crippen LogP contribution in [0.3, 0.4) is 0 Å². The summed E-state index contributed by atoms with van der Waals surface area (Å²) in [6.07, 6.45) is 11.3. The van der Waals surface area contributed by atoms with E-state index in [1.54, 1.807) is 6.08 Å². The van der Waals surface area contributed by atoms with Crippen LogP contribution in [0.1, 0.15) is 55.2 Å². The Morgan fingerprint density at radius 2 is 1.78 bits per heavy atom. The van der Waals surface area contributed by atoms with E-state index in [0.29, 0.717) is 0 Å². The van der Waals surface area contributed by atoms with E-state index >= 15 is 0 Å². The van der Waals surface area contributed by atoms with Crippen LogP contribution in [0.15, 0.2) is 23.2 Å². The molecule has 0 amide bonds. The van der Waals surface area contributed by atoms with Crippen molar-refractivity contribution in [2.75, 3.05) is 0 Å². The molecule has 0 atom stereocenters. The zero-order valence-corrected chi connectivity index (χ0v) is 10.7. The van der Waals surface area contributed by atoms with Gasteiger partial charge < -0.3 is 0 Å². The van der Waals surface area contributed by atoms with Crippen molar-refractivity contribution in [2.45, 2.75) is 56.9 Å². The molecule has 0 spiro atoms. The van der Waals surface area contributed by atoms with Crippen molar-refractivity contribution in [1.82, 2.24) is 0 Å². The minimum atomic E-state index is -0.233. The number of aryl methyl sites for hydroxylation is 2. The molecule has 2 nitrogen and oxygen atoms in total. The quantitative estimate of drug-likeness (QED) is 0.441. The summed E-state index contributed by atoms with van der Waals surface area (Å²) in [5.41, 5.74) is 3.99. The van der Waals surface area contributed by atoms with Crippen LogP contribution in [0, 0.1) is 0 Å². The van der Waals surface area contributed by atoms with Gasteiger partial charge in [-0.25, -0.2) is 4.79 Å². The average molecular weight is 241 g/mol. The van der Waals surface area contributed by atoms with E-state index in [9.17, 15) is 4.79 Å². The minimum absolute atomic E-state index is 0.233. The van der Waals surface area contributed by atoms with Gasteiger partial charge in [-0.05, 0) is 61.6 Å². The van der Waals surface area contributed by atoms with Crippen LogP contribution in [0.4, 0.5) is 0 Å². The fourth-order valence-electron chi connectivity index (χ4n) is 3.26. The molecule has 0 heterocycles. The van der Waals surface area contributed by atoms with Gasteiger partial charge in [0.15, 0.2) is 0 Å². The fraction of sp³-hybridized carbons (Fsp3) is 0.562. The molecule has 18 heavy (non-hydrogen) atoms. The van der Waals surface area contributed by atoms with E-state index in [1.807, 2.05) is 0 Å². The number of rotatable bonds is 2. The monoisotopic (exact) mass is 241 g/mol. The summed E-state index contributed by atoms with van der Waals surface area (Å²) in [7, 11) is 0. The first-order chi connectivity index (χ1) is 8.84. The largest absolute Gasteiger partial charge is 0.235 e. The lowest BCUT2D eigenvalue weighted by Crippen LogP contribution is -2.32. The average Bonchev–Trinajstić information content (AvgIpc) is 2.58. The van der Waals surface area contributed by atoms with E-state index in [-0.39, 0.29) is 5.54 Å². The molecule has 0 saturated heterocycles. The summed E-state index contributed by atoms with van der Waals surface area (Å²) < 4.78 is 0. The summed E-state index contributed by atoms with van der Waals surface area (Å²) in [6, 6.07) is 6.75. The van der Waals surface area contributed by atoms with Crippen molar-refractivity contribution < 1.29 is 4.79 Å². The molecule has 0 unspecified atom stereocenters. The third kappa shape index (κ3) is 1.91. The fourth-order valence-corrected chi connectivity index (χ4v) is 3.26. The number of benzene rings is 1. The Bertz CT molecular complexity index is 496. The van der Waals surface area contributed by atoms with Crippen LogP contribution in [0.25, 0.3) is 0 Å². The highest BCUT2D eigenvalue weighted by molar-refractivity contribution is 5.42. The molecule has 0 N–H and O–H groups in total. The Hall–Kier alpha value is -1.40. The lowest BCUT2D eigenvalue weighted by molar-refractivity contribution is 0.256. The van der Waals surface area contributed by atoms with Crippen molar-refractivity contribution in [3.63, 3.8) is 0 Å². The molecule has 2 heteroatoms. The maximum absolute atomic E-state index is 10.6. The molecule has 0 bridgehead atoms. The molecular formula is C16H19NO. The molecule has 0 aromatic heterocycles. The first kappa shape index (κ1) is 11.7. The van der Waals surface area contributed by atoms with Gasteiger partial charge in [0.2, 0.25) is 6.08 Å². The predicted molar refractivity (Wildman–Crippen MR) is 71.4 cm³/mol. The summed E-state index contributed by atoms with van der Waals surface area (Å²) in [6.45, 7) is 0. The van der Waals surface area contributed by atoms with Crippen molar-refractivity contribution in [3.05, 3.63) is 34.9 Å². The lowest BCUT2D eigenvalue weighted by atomic mass is 9.71. The highest BCUT2D eigenvalue weighted by atomic mass is 16.1. The summed E-state index contributed by atoms with van der Waals surface area (Å²) in [4.78, 5) is 14.7. The highest BCUT2D eigenvalue weighted by Gasteiger charge is 2.39. The molecule has 1 saturated carbocycles. The van der Waals surface area contributed by atoms with Crippen molar-refractivity contribution in [3.8, 4) is 0 Å². The van der Waals surface area contributed by atoms with Gasteiger partial charge in [-0.2, -0.15) is 4.99 Å². The van der Waals surface area contributed by atoms with Gasteiger partial charge in [0.25, 0.3) is 0 Å². The molecule has 94 valence electrons. The Labute approximate surface area is 108 Å².